The number of aromatic nitrogens is 1. The first-order valence-corrected chi connectivity index (χ1v) is 12.3. The van der Waals surface area contributed by atoms with Crippen LogP contribution in [-0.4, -0.2) is 4.57 Å². The van der Waals surface area contributed by atoms with E-state index in [1.807, 2.05) is 0 Å². The second-order valence-electron chi connectivity index (χ2n) is 9.42. The van der Waals surface area contributed by atoms with Crippen LogP contribution in [0, 0.1) is 0 Å². The third-order valence-electron chi connectivity index (χ3n) is 7.50. The zero-order valence-electron chi connectivity index (χ0n) is 19.6. The summed E-state index contributed by atoms with van der Waals surface area (Å²) in [4.78, 5) is 0. The number of hydrogen-bond acceptors (Lipinski definition) is 0. The van der Waals surface area contributed by atoms with E-state index in [1.165, 1.54) is 60.2 Å². The summed E-state index contributed by atoms with van der Waals surface area (Å²) in [7, 11) is 0. The van der Waals surface area contributed by atoms with Crippen LogP contribution in [0.25, 0.3) is 49.0 Å². The number of benzene rings is 6. The molecule has 35 heavy (non-hydrogen) atoms. The van der Waals surface area contributed by atoms with Gasteiger partial charge >= 0.3 is 0 Å². The van der Waals surface area contributed by atoms with E-state index in [0.29, 0.717) is 0 Å². The van der Waals surface area contributed by atoms with Gasteiger partial charge in [0, 0.05) is 22.4 Å². The molecule has 1 heteroatoms. The average molecular weight is 448 g/mol. The van der Waals surface area contributed by atoms with Gasteiger partial charge in [0.15, 0.2) is 0 Å². The Balaban J connectivity index is 1.36. The van der Waals surface area contributed by atoms with Crippen molar-refractivity contribution in [2.24, 2.45) is 0 Å². The van der Waals surface area contributed by atoms with Gasteiger partial charge in [-0.3, -0.25) is 0 Å². The van der Waals surface area contributed by atoms with Crippen molar-refractivity contribution in [1.82, 2.24) is 4.57 Å². The third-order valence-corrected chi connectivity index (χ3v) is 7.50. The Morgan fingerprint density at radius 3 is 1.66 bits per heavy atom. The van der Waals surface area contributed by atoms with Crippen LogP contribution in [0.4, 0.5) is 0 Å². The van der Waals surface area contributed by atoms with Crippen LogP contribution >= 0.6 is 0 Å². The van der Waals surface area contributed by atoms with E-state index < -0.39 is 0 Å². The molecule has 6 aromatic carbocycles. The minimum absolute atomic E-state index is 0.289. The average Bonchev–Trinajstić information content (AvgIpc) is 3.27. The van der Waals surface area contributed by atoms with Crippen molar-refractivity contribution in [3.63, 3.8) is 0 Å². The topological polar surface area (TPSA) is 4.93 Å². The lowest BCUT2D eigenvalue weighted by molar-refractivity contribution is 0.933. The molecule has 0 bridgehead atoms. The molecule has 7 aromatic rings. The van der Waals surface area contributed by atoms with Gasteiger partial charge in [0.2, 0.25) is 0 Å². The van der Waals surface area contributed by atoms with E-state index in [9.17, 15) is 0 Å². The second-order valence-corrected chi connectivity index (χ2v) is 9.42. The first kappa shape index (κ1) is 20.1. The van der Waals surface area contributed by atoms with Gasteiger partial charge in [0.25, 0.3) is 0 Å². The molecule has 0 aliphatic carbocycles. The van der Waals surface area contributed by atoms with Crippen LogP contribution in [0.15, 0.2) is 127 Å². The molecule has 0 saturated heterocycles. The van der Waals surface area contributed by atoms with Gasteiger partial charge in [0.1, 0.15) is 0 Å². The Bertz CT molecular complexity index is 1800. The summed E-state index contributed by atoms with van der Waals surface area (Å²) >= 11 is 0. The largest absolute Gasteiger partial charge is 0.309 e. The molecule has 0 amide bonds. The summed E-state index contributed by atoms with van der Waals surface area (Å²) in [5, 5.41) is 7.88. The van der Waals surface area contributed by atoms with Crippen LogP contribution in [-0.2, 0) is 0 Å². The highest BCUT2D eigenvalue weighted by Gasteiger charge is 2.16. The van der Waals surface area contributed by atoms with Crippen molar-refractivity contribution >= 4 is 43.4 Å². The molecule has 0 unspecified atom stereocenters. The fourth-order valence-electron chi connectivity index (χ4n) is 5.73. The van der Waals surface area contributed by atoms with Crippen molar-refractivity contribution in [3.8, 4) is 5.69 Å². The maximum atomic E-state index is 2.38. The van der Waals surface area contributed by atoms with Crippen LogP contribution < -0.4 is 0 Å². The molecule has 166 valence electrons. The zero-order valence-corrected chi connectivity index (χ0v) is 19.6. The Morgan fingerprint density at radius 2 is 1.00 bits per heavy atom. The minimum atomic E-state index is 0.289. The normalized spacial score (nSPS) is 12.6. The monoisotopic (exact) mass is 447 g/mol. The quantitative estimate of drug-likeness (QED) is 0.238. The van der Waals surface area contributed by atoms with Crippen molar-refractivity contribution in [2.45, 2.75) is 12.8 Å². The third kappa shape index (κ3) is 3.09. The maximum absolute atomic E-state index is 2.38. The highest BCUT2D eigenvalue weighted by molar-refractivity contribution is 6.10. The number of hydrogen-bond donors (Lipinski definition) is 0. The number of nitrogens with zero attached hydrogens (tertiary/aromatic N) is 1. The SMILES string of the molecule is C[C@@H](c1ccc(-n2c3ccccc3c3ccccc32)cc1)c1cc2ccccc2c2ccccc12. The number of fused-ring (bicyclic) bond motifs is 6. The zero-order chi connectivity index (χ0) is 23.4. The standard InChI is InChI=1S/C34H25N/c1-23(32-22-25-10-2-3-11-27(25)28-12-4-5-13-29(28)32)24-18-20-26(21-19-24)35-33-16-8-6-14-30(33)31-15-7-9-17-34(31)35/h2-23H,1H3/t23-/m0/s1. The fourth-order valence-corrected chi connectivity index (χ4v) is 5.73. The molecule has 0 N–H and O–H groups in total. The first-order chi connectivity index (χ1) is 17.3. The first-order valence-electron chi connectivity index (χ1n) is 12.3. The molecule has 0 fully saturated rings. The van der Waals surface area contributed by atoms with E-state index >= 15 is 0 Å². The van der Waals surface area contributed by atoms with Crippen molar-refractivity contribution in [3.05, 3.63) is 139 Å². The van der Waals surface area contributed by atoms with Crippen LogP contribution in [0.2, 0.25) is 0 Å². The molecule has 1 atom stereocenters. The van der Waals surface area contributed by atoms with Crippen LogP contribution in [0.1, 0.15) is 24.0 Å². The molecular formula is C34H25N. The van der Waals surface area contributed by atoms with E-state index in [1.54, 1.807) is 0 Å². The van der Waals surface area contributed by atoms with E-state index in [2.05, 4.69) is 139 Å². The summed E-state index contributed by atoms with van der Waals surface area (Å²) < 4.78 is 2.38. The van der Waals surface area contributed by atoms with Crippen molar-refractivity contribution in [2.75, 3.05) is 0 Å². The highest BCUT2D eigenvalue weighted by Crippen LogP contribution is 2.36. The van der Waals surface area contributed by atoms with Gasteiger partial charge in [0.05, 0.1) is 11.0 Å². The Morgan fingerprint density at radius 1 is 0.486 bits per heavy atom. The van der Waals surface area contributed by atoms with Crippen molar-refractivity contribution in [1.29, 1.82) is 0 Å². The van der Waals surface area contributed by atoms with Gasteiger partial charge in [-0.05, 0) is 63.0 Å². The maximum Gasteiger partial charge on any atom is 0.0541 e. The summed E-state index contributed by atoms with van der Waals surface area (Å²) in [6, 6.07) is 46.4. The molecule has 1 aromatic heterocycles. The molecule has 0 aliphatic heterocycles. The summed E-state index contributed by atoms with van der Waals surface area (Å²) in [6.45, 7) is 2.33. The Kier molecular flexibility index (Phi) is 4.50. The van der Waals surface area contributed by atoms with E-state index in [4.69, 9.17) is 0 Å². The molecule has 0 radical (unpaired) electrons. The second kappa shape index (κ2) is 7.85. The summed E-state index contributed by atoms with van der Waals surface area (Å²) in [6.07, 6.45) is 0. The lowest BCUT2D eigenvalue weighted by Gasteiger charge is -2.18. The fraction of sp³-hybridized carbons (Fsp3) is 0.0588. The predicted molar refractivity (Wildman–Crippen MR) is 150 cm³/mol. The van der Waals surface area contributed by atoms with Crippen LogP contribution in [0.5, 0.6) is 0 Å². The van der Waals surface area contributed by atoms with Gasteiger partial charge in [-0.1, -0.05) is 104 Å². The smallest absolute Gasteiger partial charge is 0.0541 e. The lowest BCUT2D eigenvalue weighted by atomic mass is 9.87. The van der Waals surface area contributed by atoms with Gasteiger partial charge in [-0.15, -0.1) is 0 Å². The van der Waals surface area contributed by atoms with E-state index in [0.717, 1.165) is 0 Å². The van der Waals surface area contributed by atoms with Gasteiger partial charge < -0.3 is 4.57 Å². The number of rotatable bonds is 3. The summed E-state index contributed by atoms with van der Waals surface area (Å²) in [5.74, 6) is 0.289. The molecule has 0 aliphatic rings. The Labute approximate surface area is 204 Å². The van der Waals surface area contributed by atoms with Gasteiger partial charge in [-0.25, -0.2) is 0 Å². The Hall–Kier alpha value is -4.36. The predicted octanol–water partition coefficient (Wildman–Crippen LogP) is 9.24. The minimum Gasteiger partial charge on any atom is -0.309 e. The van der Waals surface area contributed by atoms with E-state index in [-0.39, 0.29) is 5.92 Å². The molecular weight excluding hydrogens is 422 g/mol. The molecule has 1 heterocycles. The number of para-hydroxylation sites is 2. The lowest BCUT2D eigenvalue weighted by Crippen LogP contribution is -1.99. The van der Waals surface area contributed by atoms with Crippen LogP contribution in [0.3, 0.4) is 0 Å². The van der Waals surface area contributed by atoms with Gasteiger partial charge in [-0.2, -0.15) is 0 Å². The summed E-state index contributed by atoms with van der Waals surface area (Å²) in [5.41, 5.74) is 6.39. The molecule has 0 spiro atoms. The molecule has 0 saturated carbocycles. The molecule has 1 nitrogen and oxygen atoms in total. The van der Waals surface area contributed by atoms with Crippen molar-refractivity contribution < 1.29 is 0 Å². The highest BCUT2D eigenvalue weighted by atomic mass is 15.0. The molecule has 7 rings (SSSR count).